The molecule has 0 N–H and O–H groups in total. The Balaban J connectivity index is 2.33. The molecule has 10 heavy (non-hydrogen) atoms. The van der Waals surface area contributed by atoms with Gasteiger partial charge in [-0.1, -0.05) is 25.7 Å². The van der Waals surface area contributed by atoms with Crippen LogP contribution in [0.25, 0.3) is 0 Å². The quantitative estimate of drug-likeness (QED) is 0.394. The summed E-state index contributed by atoms with van der Waals surface area (Å²) in [5.41, 5.74) is 0. The van der Waals surface area contributed by atoms with Gasteiger partial charge in [-0.2, -0.15) is 0 Å². The molecule has 1 aliphatic carbocycles. The molecule has 1 aliphatic rings. The first kappa shape index (κ1) is 7.47. The van der Waals surface area contributed by atoms with Crippen LogP contribution in [0.15, 0.2) is 0 Å². The fraction of sp³-hybridized carbons (Fsp3) is 0.778. The molecule has 1 fully saturated rings. The van der Waals surface area contributed by atoms with Gasteiger partial charge >= 0.3 is 0 Å². The lowest BCUT2D eigenvalue weighted by molar-refractivity contribution is 0.267. The van der Waals surface area contributed by atoms with Crippen molar-refractivity contribution in [2.75, 3.05) is 7.05 Å². The number of hydrogen-bond donors (Lipinski definition) is 0. The Labute approximate surface area is 63.4 Å². The second kappa shape index (κ2) is 3.51. The van der Waals surface area contributed by atoms with E-state index < -0.39 is 0 Å². The Morgan fingerprint density at radius 3 is 2.40 bits per heavy atom. The predicted octanol–water partition coefficient (Wildman–Crippen LogP) is 1.84. The SMILES string of the molecule is C#CN(C)C1CCCCC1. The van der Waals surface area contributed by atoms with Crippen LogP contribution in [0.5, 0.6) is 0 Å². The first-order valence-corrected chi connectivity index (χ1v) is 4.03. The van der Waals surface area contributed by atoms with E-state index in [0.29, 0.717) is 6.04 Å². The van der Waals surface area contributed by atoms with E-state index in [0.717, 1.165) is 0 Å². The van der Waals surface area contributed by atoms with Crippen LogP contribution < -0.4 is 0 Å². The zero-order valence-corrected chi connectivity index (χ0v) is 6.64. The predicted molar refractivity (Wildman–Crippen MR) is 43.5 cm³/mol. The lowest BCUT2D eigenvalue weighted by atomic mass is 9.95. The summed E-state index contributed by atoms with van der Waals surface area (Å²) in [6.07, 6.45) is 12.0. The summed E-state index contributed by atoms with van der Waals surface area (Å²) in [4.78, 5) is 2.01. The average molecular weight is 137 g/mol. The molecule has 0 spiro atoms. The number of hydrogen-bond acceptors (Lipinski definition) is 1. The normalized spacial score (nSPS) is 20.0. The van der Waals surface area contributed by atoms with E-state index >= 15 is 0 Å². The third-order valence-electron chi connectivity index (χ3n) is 2.33. The van der Waals surface area contributed by atoms with Crippen LogP contribution in [0.3, 0.4) is 0 Å². The van der Waals surface area contributed by atoms with Crippen LogP contribution in [-0.2, 0) is 0 Å². The van der Waals surface area contributed by atoms with Gasteiger partial charge in [-0.15, -0.1) is 0 Å². The highest BCUT2D eigenvalue weighted by molar-refractivity contribution is 4.88. The van der Waals surface area contributed by atoms with Crippen LogP contribution in [0.2, 0.25) is 0 Å². The van der Waals surface area contributed by atoms with Crippen molar-refractivity contribution in [1.29, 1.82) is 0 Å². The molecule has 0 amide bonds. The van der Waals surface area contributed by atoms with Crippen molar-refractivity contribution in [2.24, 2.45) is 0 Å². The van der Waals surface area contributed by atoms with Gasteiger partial charge in [0.25, 0.3) is 0 Å². The molecular weight excluding hydrogens is 122 g/mol. The highest BCUT2D eigenvalue weighted by Crippen LogP contribution is 2.20. The smallest absolute Gasteiger partial charge is 0.0368 e. The molecule has 0 aromatic carbocycles. The Kier molecular flexibility index (Phi) is 2.62. The monoisotopic (exact) mass is 137 g/mol. The molecule has 1 rings (SSSR count). The van der Waals surface area contributed by atoms with Crippen molar-refractivity contribution < 1.29 is 0 Å². The maximum atomic E-state index is 5.28. The third-order valence-corrected chi connectivity index (χ3v) is 2.33. The van der Waals surface area contributed by atoms with Gasteiger partial charge in [0.05, 0.1) is 0 Å². The summed E-state index contributed by atoms with van der Waals surface area (Å²) in [5.74, 6) is 0. The van der Waals surface area contributed by atoms with E-state index in [-0.39, 0.29) is 0 Å². The lowest BCUT2D eigenvalue weighted by Crippen LogP contribution is -2.29. The van der Waals surface area contributed by atoms with Crippen molar-refractivity contribution in [3.63, 3.8) is 0 Å². The van der Waals surface area contributed by atoms with Crippen molar-refractivity contribution in [3.8, 4) is 12.5 Å². The molecule has 0 unspecified atom stereocenters. The summed E-state index contributed by atoms with van der Waals surface area (Å²) in [6, 6.07) is 3.33. The Hall–Kier alpha value is -0.640. The molecule has 0 aromatic rings. The Morgan fingerprint density at radius 1 is 1.30 bits per heavy atom. The average Bonchev–Trinajstić information content (AvgIpc) is 2.05. The van der Waals surface area contributed by atoms with E-state index in [2.05, 4.69) is 6.04 Å². The van der Waals surface area contributed by atoms with Crippen LogP contribution >= 0.6 is 0 Å². The summed E-state index contributed by atoms with van der Waals surface area (Å²) in [7, 11) is 2.01. The largest absolute Gasteiger partial charge is 0.333 e. The minimum absolute atomic E-state index is 0.666. The molecular formula is C9H15N. The molecule has 0 saturated heterocycles. The van der Waals surface area contributed by atoms with E-state index in [1.807, 2.05) is 11.9 Å². The Morgan fingerprint density at radius 2 is 1.90 bits per heavy atom. The second-order valence-corrected chi connectivity index (χ2v) is 3.03. The van der Waals surface area contributed by atoms with E-state index in [1.54, 1.807) is 0 Å². The lowest BCUT2D eigenvalue weighted by Gasteiger charge is -2.27. The molecule has 1 heteroatoms. The van der Waals surface area contributed by atoms with Gasteiger partial charge < -0.3 is 4.90 Å². The van der Waals surface area contributed by atoms with Crippen molar-refractivity contribution in [3.05, 3.63) is 0 Å². The van der Waals surface area contributed by atoms with Gasteiger partial charge in [0.15, 0.2) is 0 Å². The molecule has 0 aliphatic heterocycles. The first-order chi connectivity index (χ1) is 4.84. The van der Waals surface area contributed by atoms with Gasteiger partial charge in [0.2, 0.25) is 0 Å². The van der Waals surface area contributed by atoms with Crippen LogP contribution in [0.4, 0.5) is 0 Å². The summed E-state index contributed by atoms with van der Waals surface area (Å²) < 4.78 is 0. The minimum Gasteiger partial charge on any atom is -0.333 e. The van der Waals surface area contributed by atoms with Gasteiger partial charge in [-0.3, -0.25) is 0 Å². The molecule has 0 heterocycles. The Bertz CT molecular complexity index is 128. The van der Waals surface area contributed by atoms with Gasteiger partial charge in [-0.05, 0) is 12.8 Å². The summed E-state index contributed by atoms with van der Waals surface area (Å²) in [5, 5.41) is 0. The van der Waals surface area contributed by atoms with Crippen LogP contribution in [-0.4, -0.2) is 18.0 Å². The molecule has 0 aromatic heterocycles. The van der Waals surface area contributed by atoms with E-state index in [9.17, 15) is 0 Å². The molecule has 0 atom stereocenters. The number of nitrogens with zero attached hydrogens (tertiary/aromatic N) is 1. The maximum absolute atomic E-state index is 5.28. The highest BCUT2D eigenvalue weighted by Gasteiger charge is 2.15. The topological polar surface area (TPSA) is 3.24 Å². The maximum Gasteiger partial charge on any atom is 0.0368 e. The van der Waals surface area contributed by atoms with Crippen molar-refractivity contribution in [1.82, 2.24) is 4.90 Å². The van der Waals surface area contributed by atoms with E-state index in [1.165, 1.54) is 32.1 Å². The van der Waals surface area contributed by atoms with Crippen LogP contribution in [0.1, 0.15) is 32.1 Å². The summed E-state index contributed by atoms with van der Waals surface area (Å²) >= 11 is 0. The molecule has 0 radical (unpaired) electrons. The molecule has 56 valence electrons. The van der Waals surface area contributed by atoms with Crippen molar-refractivity contribution in [2.45, 2.75) is 38.1 Å². The standard InChI is InChI=1S/C9H15N/c1-3-10(2)9-7-5-4-6-8-9/h1,9H,4-8H2,2H3. The first-order valence-electron chi connectivity index (χ1n) is 4.03. The molecule has 1 saturated carbocycles. The van der Waals surface area contributed by atoms with Crippen LogP contribution in [0, 0.1) is 12.5 Å². The number of terminal acetylenes is 1. The zero-order chi connectivity index (χ0) is 7.40. The summed E-state index contributed by atoms with van der Waals surface area (Å²) in [6.45, 7) is 0. The fourth-order valence-electron chi connectivity index (χ4n) is 1.57. The molecule has 1 nitrogen and oxygen atoms in total. The van der Waals surface area contributed by atoms with Crippen molar-refractivity contribution >= 4 is 0 Å². The molecule has 0 bridgehead atoms. The van der Waals surface area contributed by atoms with Gasteiger partial charge in [-0.25, -0.2) is 0 Å². The second-order valence-electron chi connectivity index (χ2n) is 3.03. The minimum atomic E-state index is 0.666. The number of rotatable bonds is 1. The van der Waals surface area contributed by atoms with Gasteiger partial charge in [0, 0.05) is 19.1 Å². The zero-order valence-electron chi connectivity index (χ0n) is 6.64. The fourth-order valence-corrected chi connectivity index (χ4v) is 1.57. The van der Waals surface area contributed by atoms with E-state index in [4.69, 9.17) is 6.42 Å². The van der Waals surface area contributed by atoms with Gasteiger partial charge in [0.1, 0.15) is 0 Å². The highest BCUT2D eigenvalue weighted by atomic mass is 15.1. The third kappa shape index (κ3) is 1.67.